The SMILES string of the molecule is CN(C)C(=O)c1nnc(NC2=COCC=C2)c2cc(-c3cccc(Cl)c3)sc12. The minimum atomic E-state index is -0.191. The van der Waals surface area contributed by atoms with E-state index in [1.54, 1.807) is 20.4 Å². The summed E-state index contributed by atoms with van der Waals surface area (Å²) in [5, 5.41) is 13.2. The quantitative estimate of drug-likeness (QED) is 0.680. The lowest BCUT2D eigenvalue weighted by atomic mass is 10.1. The Morgan fingerprint density at radius 3 is 2.86 bits per heavy atom. The molecule has 4 rings (SSSR count). The fraction of sp³-hybridized carbons (Fsp3) is 0.150. The van der Waals surface area contributed by atoms with Crippen LogP contribution in [0.5, 0.6) is 0 Å². The van der Waals surface area contributed by atoms with Crippen LogP contribution in [0.25, 0.3) is 20.5 Å². The molecule has 0 saturated heterocycles. The Hall–Kier alpha value is -2.90. The Morgan fingerprint density at radius 2 is 2.14 bits per heavy atom. The summed E-state index contributed by atoms with van der Waals surface area (Å²) < 4.78 is 6.09. The zero-order valence-corrected chi connectivity index (χ0v) is 16.8. The number of carbonyl (C=O) groups is 1. The number of thiophene rings is 1. The summed E-state index contributed by atoms with van der Waals surface area (Å²) in [6.07, 6.45) is 5.46. The average Bonchev–Trinajstić information content (AvgIpc) is 3.14. The van der Waals surface area contributed by atoms with Gasteiger partial charge in [0.2, 0.25) is 0 Å². The number of fused-ring (bicyclic) bond motifs is 1. The van der Waals surface area contributed by atoms with Crippen molar-refractivity contribution in [2.24, 2.45) is 0 Å². The van der Waals surface area contributed by atoms with E-state index in [2.05, 4.69) is 15.5 Å². The number of benzene rings is 1. The van der Waals surface area contributed by atoms with Crippen LogP contribution in [0.1, 0.15) is 10.5 Å². The number of amides is 1. The van der Waals surface area contributed by atoms with Crippen LogP contribution in [0, 0.1) is 0 Å². The second-order valence-electron chi connectivity index (χ2n) is 6.39. The second-order valence-corrected chi connectivity index (χ2v) is 7.88. The lowest BCUT2D eigenvalue weighted by Crippen LogP contribution is -2.23. The highest BCUT2D eigenvalue weighted by Crippen LogP contribution is 2.38. The molecule has 0 fully saturated rings. The Bertz CT molecular complexity index is 1120. The average molecular weight is 413 g/mol. The number of hydrogen-bond donors (Lipinski definition) is 1. The van der Waals surface area contributed by atoms with Crippen molar-refractivity contribution in [2.45, 2.75) is 0 Å². The molecule has 0 bridgehead atoms. The van der Waals surface area contributed by atoms with Crippen molar-refractivity contribution in [1.82, 2.24) is 15.1 Å². The maximum Gasteiger partial charge on any atom is 0.275 e. The number of hydrogen-bond acceptors (Lipinski definition) is 6. The minimum Gasteiger partial charge on any atom is -0.495 e. The predicted octanol–water partition coefficient (Wildman–Crippen LogP) is 4.55. The number of anilines is 1. The molecule has 28 heavy (non-hydrogen) atoms. The molecule has 3 heterocycles. The Kier molecular flexibility index (Phi) is 5.02. The molecule has 6 nitrogen and oxygen atoms in total. The number of allylic oxidation sites excluding steroid dienone is 1. The lowest BCUT2D eigenvalue weighted by molar-refractivity contribution is 0.0823. The van der Waals surface area contributed by atoms with Gasteiger partial charge in [-0.3, -0.25) is 4.79 Å². The summed E-state index contributed by atoms with van der Waals surface area (Å²) in [6, 6.07) is 9.62. The van der Waals surface area contributed by atoms with Crippen molar-refractivity contribution < 1.29 is 9.53 Å². The normalized spacial score (nSPS) is 13.2. The fourth-order valence-electron chi connectivity index (χ4n) is 2.79. The number of carbonyl (C=O) groups excluding carboxylic acids is 1. The van der Waals surface area contributed by atoms with E-state index in [1.165, 1.54) is 16.2 Å². The number of halogens is 1. The van der Waals surface area contributed by atoms with Gasteiger partial charge in [0.05, 0.1) is 10.4 Å². The highest BCUT2D eigenvalue weighted by atomic mass is 35.5. The summed E-state index contributed by atoms with van der Waals surface area (Å²) in [4.78, 5) is 15.1. The van der Waals surface area contributed by atoms with Crippen LogP contribution in [0.15, 0.2) is 54.4 Å². The summed E-state index contributed by atoms with van der Waals surface area (Å²) in [6.45, 7) is 0.542. The first-order chi connectivity index (χ1) is 13.5. The molecular formula is C20H17ClN4O2S. The first-order valence-electron chi connectivity index (χ1n) is 8.56. The van der Waals surface area contributed by atoms with E-state index in [4.69, 9.17) is 16.3 Å². The van der Waals surface area contributed by atoms with E-state index in [9.17, 15) is 4.79 Å². The summed E-state index contributed by atoms with van der Waals surface area (Å²) in [5.41, 5.74) is 2.07. The highest BCUT2D eigenvalue weighted by molar-refractivity contribution is 7.22. The van der Waals surface area contributed by atoms with E-state index in [-0.39, 0.29) is 5.91 Å². The smallest absolute Gasteiger partial charge is 0.275 e. The van der Waals surface area contributed by atoms with Gasteiger partial charge in [0.15, 0.2) is 11.5 Å². The van der Waals surface area contributed by atoms with Gasteiger partial charge in [-0.25, -0.2) is 0 Å². The van der Waals surface area contributed by atoms with Gasteiger partial charge in [-0.05, 0) is 35.9 Å². The van der Waals surface area contributed by atoms with E-state index in [1.807, 2.05) is 42.5 Å². The molecule has 0 unspecified atom stereocenters. The van der Waals surface area contributed by atoms with Gasteiger partial charge in [0.1, 0.15) is 12.9 Å². The van der Waals surface area contributed by atoms with E-state index >= 15 is 0 Å². The van der Waals surface area contributed by atoms with Crippen molar-refractivity contribution in [3.8, 4) is 10.4 Å². The monoisotopic (exact) mass is 412 g/mol. The maximum atomic E-state index is 12.6. The molecule has 0 saturated carbocycles. The number of aromatic nitrogens is 2. The first kappa shape index (κ1) is 18.5. The van der Waals surface area contributed by atoms with Crippen LogP contribution in [0.4, 0.5) is 5.82 Å². The van der Waals surface area contributed by atoms with Crippen molar-refractivity contribution >= 4 is 44.7 Å². The molecule has 0 radical (unpaired) electrons. The van der Waals surface area contributed by atoms with Crippen LogP contribution in [-0.4, -0.2) is 41.7 Å². The van der Waals surface area contributed by atoms with Gasteiger partial charge in [-0.15, -0.1) is 21.5 Å². The standard InChI is InChI=1S/C20H17ClN4O2S/c1-25(2)20(26)17-18-15(10-16(28-18)12-5-3-6-13(21)9-12)19(24-23-17)22-14-7-4-8-27-11-14/h3-7,9-11H,8H2,1-2H3,(H,22,24). The third kappa shape index (κ3) is 3.58. The Labute approximate surface area is 171 Å². The van der Waals surface area contributed by atoms with Crippen molar-refractivity contribution in [2.75, 3.05) is 26.0 Å². The van der Waals surface area contributed by atoms with Gasteiger partial charge in [0.25, 0.3) is 5.91 Å². The van der Waals surface area contributed by atoms with E-state index < -0.39 is 0 Å². The zero-order valence-electron chi connectivity index (χ0n) is 15.3. The van der Waals surface area contributed by atoms with Gasteiger partial charge < -0.3 is 15.0 Å². The molecule has 1 aromatic carbocycles. The molecule has 1 N–H and O–H groups in total. The minimum absolute atomic E-state index is 0.191. The van der Waals surface area contributed by atoms with Gasteiger partial charge in [-0.1, -0.05) is 23.7 Å². The summed E-state index contributed by atoms with van der Waals surface area (Å²) in [5.74, 6) is 0.375. The fourth-order valence-corrected chi connectivity index (χ4v) is 4.11. The Balaban J connectivity index is 1.86. The van der Waals surface area contributed by atoms with Gasteiger partial charge in [-0.2, -0.15) is 0 Å². The van der Waals surface area contributed by atoms with Crippen molar-refractivity contribution in [3.63, 3.8) is 0 Å². The van der Waals surface area contributed by atoms with E-state index in [0.29, 0.717) is 23.1 Å². The van der Waals surface area contributed by atoms with Crippen LogP contribution >= 0.6 is 22.9 Å². The predicted molar refractivity (Wildman–Crippen MR) is 113 cm³/mol. The molecule has 142 valence electrons. The third-order valence-corrected chi connectivity index (χ3v) is 5.56. The number of ether oxygens (including phenoxy) is 1. The summed E-state index contributed by atoms with van der Waals surface area (Å²) in [7, 11) is 3.39. The molecule has 1 aliphatic rings. The molecule has 3 aromatic rings. The zero-order chi connectivity index (χ0) is 19.7. The molecule has 1 aliphatic heterocycles. The second kappa shape index (κ2) is 7.61. The molecule has 0 aliphatic carbocycles. The Morgan fingerprint density at radius 1 is 1.29 bits per heavy atom. The van der Waals surface area contributed by atoms with Crippen LogP contribution in [0.2, 0.25) is 5.02 Å². The molecular weight excluding hydrogens is 396 g/mol. The molecule has 1 amide bonds. The topological polar surface area (TPSA) is 67.4 Å². The maximum absolute atomic E-state index is 12.6. The number of nitrogens with zero attached hydrogens (tertiary/aromatic N) is 3. The largest absolute Gasteiger partial charge is 0.495 e. The lowest BCUT2D eigenvalue weighted by Gasteiger charge is -2.13. The van der Waals surface area contributed by atoms with Crippen molar-refractivity contribution in [3.05, 3.63) is 65.2 Å². The van der Waals surface area contributed by atoms with E-state index in [0.717, 1.165) is 26.2 Å². The number of rotatable bonds is 4. The number of nitrogens with one attached hydrogen (secondary N) is 1. The van der Waals surface area contributed by atoms with Crippen molar-refractivity contribution in [1.29, 1.82) is 0 Å². The molecule has 0 spiro atoms. The molecule has 0 atom stereocenters. The van der Waals surface area contributed by atoms with Crippen LogP contribution in [-0.2, 0) is 4.74 Å². The van der Waals surface area contributed by atoms with Gasteiger partial charge >= 0.3 is 0 Å². The van der Waals surface area contributed by atoms with Gasteiger partial charge in [0, 0.05) is 29.4 Å². The first-order valence-corrected chi connectivity index (χ1v) is 9.75. The molecule has 2 aromatic heterocycles. The van der Waals surface area contributed by atoms with Crippen LogP contribution < -0.4 is 5.32 Å². The highest BCUT2D eigenvalue weighted by Gasteiger charge is 2.21. The molecule has 8 heteroatoms. The van der Waals surface area contributed by atoms with Crippen LogP contribution in [0.3, 0.4) is 0 Å². The third-order valence-electron chi connectivity index (χ3n) is 4.13. The summed E-state index contributed by atoms with van der Waals surface area (Å²) >= 11 is 7.64.